The predicted octanol–water partition coefficient (Wildman–Crippen LogP) is 3.29. The summed E-state index contributed by atoms with van der Waals surface area (Å²) >= 11 is 5.72. The first-order chi connectivity index (χ1) is 4.81. The second-order valence-corrected chi connectivity index (χ2v) is 2.70. The third-order valence-electron chi connectivity index (χ3n) is 1.28. The molecule has 2 heteroatoms. The molecule has 0 N–H and O–H groups in total. The molecule has 0 aromatic rings. The maximum Gasteiger partial charge on any atom is 0.171 e. The molecule has 0 aliphatic rings. The molecular formula is C8H15ClO. The number of ether oxygens (including phenoxy) is 1. The van der Waals surface area contributed by atoms with E-state index < -0.39 is 0 Å². The van der Waals surface area contributed by atoms with E-state index >= 15 is 0 Å². The highest BCUT2D eigenvalue weighted by Gasteiger charge is 2.00. The van der Waals surface area contributed by atoms with Gasteiger partial charge in [-0.05, 0) is 12.8 Å². The van der Waals surface area contributed by atoms with Crippen LogP contribution < -0.4 is 0 Å². The molecule has 0 saturated carbocycles. The average Bonchev–Trinajstić information content (AvgIpc) is 1.89. The lowest BCUT2D eigenvalue weighted by atomic mass is 10.2. The Bertz CT molecular complexity index is 83.3. The van der Waals surface area contributed by atoms with Crippen LogP contribution in [0.15, 0.2) is 12.8 Å². The Morgan fingerprint density at radius 2 is 2.30 bits per heavy atom. The van der Waals surface area contributed by atoms with Crippen molar-refractivity contribution in [2.75, 3.05) is 0 Å². The van der Waals surface area contributed by atoms with E-state index in [9.17, 15) is 0 Å². The van der Waals surface area contributed by atoms with E-state index in [0.717, 1.165) is 12.8 Å². The molecule has 0 bridgehead atoms. The lowest BCUT2D eigenvalue weighted by Crippen LogP contribution is -1.98. The topological polar surface area (TPSA) is 9.23 Å². The smallest absolute Gasteiger partial charge is 0.171 e. The van der Waals surface area contributed by atoms with Crippen molar-refractivity contribution in [2.24, 2.45) is 0 Å². The van der Waals surface area contributed by atoms with Crippen LogP contribution in [-0.4, -0.2) is 5.56 Å². The second kappa shape index (κ2) is 6.94. The molecule has 0 fully saturated rings. The first-order valence-electron chi connectivity index (χ1n) is 3.71. The summed E-state index contributed by atoms with van der Waals surface area (Å²) in [6.45, 7) is 5.59. The Labute approximate surface area is 68.0 Å². The van der Waals surface area contributed by atoms with E-state index in [1.165, 1.54) is 19.1 Å². The molecule has 60 valence electrons. The molecule has 0 aromatic carbocycles. The molecule has 1 unspecified atom stereocenters. The zero-order chi connectivity index (χ0) is 7.82. The van der Waals surface area contributed by atoms with Crippen molar-refractivity contribution in [3.63, 3.8) is 0 Å². The van der Waals surface area contributed by atoms with Gasteiger partial charge in [0.25, 0.3) is 0 Å². The molecule has 0 radical (unpaired) electrons. The van der Waals surface area contributed by atoms with Crippen LogP contribution in [0.4, 0.5) is 0 Å². The maximum absolute atomic E-state index is 5.72. The van der Waals surface area contributed by atoms with Crippen molar-refractivity contribution in [3.8, 4) is 0 Å². The van der Waals surface area contributed by atoms with Gasteiger partial charge in [0.1, 0.15) is 0 Å². The van der Waals surface area contributed by atoms with E-state index in [-0.39, 0.29) is 5.56 Å². The van der Waals surface area contributed by atoms with Gasteiger partial charge in [0.15, 0.2) is 5.56 Å². The summed E-state index contributed by atoms with van der Waals surface area (Å²) in [5.74, 6) is 0. The summed E-state index contributed by atoms with van der Waals surface area (Å²) in [5.41, 5.74) is -0.177. The van der Waals surface area contributed by atoms with Crippen LogP contribution >= 0.6 is 11.6 Å². The fraction of sp³-hybridized carbons (Fsp3) is 0.750. The lowest BCUT2D eigenvalue weighted by Gasteiger charge is -2.06. The zero-order valence-electron chi connectivity index (χ0n) is 6.48. The van der Waals surface area contributed by atoms with Crippen LogP contribution in [0.25, 0.3) is 0 Å². The first kappa shape index (κ1) is 9.83. The van der Waals surface area contributed by atoms with E-state index in [0.29, 0.717) is 0 Å². The van der Waals surface area contributed by atoms with Crippen molar-refractivity contribution < 1.29 is 4.74 Å². The highest BCUT2D eigenvalue weighted by molar-refractivity contribution is 6.19. The van der Waals surface area contributed by atoms with Gasteiger partial charge in [-0.1, -0.05) is 37.9 Å². The predicted molar refractivity (Wildman–Crippen MR) is 45.1 cm³/mol. The van der Waals surface area contributed by atoms with Crippen molar-refractivity contribution in [3.05, 3.63) is 12.8 Å². The highest BCUT2D eigenvalue weighted by atomic mass is 35.5. The highest BCUT2D eigenvalue weighted by Crippen LogP contribution is 2.09. The minimum Gasteiger partial charge on any atom is -0.483 e. The normalized spacial score (nSPS) is 12.6. The standard InChI is InChI=1S/C8H15ClO/c1-3-5-6-7-8(9)10-4-2/h4,8H,2-3,5-7H2,1H3. The fourth-order valence-electron chi connectivity index (χ4n) is 0.727. The van der Waals surface area contributed by atoms with E-state index in [1.54, 1.807) is 0 Å². The largest absolute Gasteiger partial charge is 0.483 e. The quantitative estimate of drug-likeness (QED) is 0.331. The molecule has 10 heavy (non-hydrogen) atoms. The number of hydrogen-bond donors (Lipinski definition) is 0. The summed E-state index contributed by atoms with van der Waals surface area (Å²) in [4.78, 5) is 0. The minimum absolute atomic E-state index is 0.177. The van der Waals surface area contributed by atoms with Gasteiger partial charge in [-0.15, -0.1) is 0 Å². The van der Waals surface area contributed by atoms with E-state index in [4.69, 9.17) is 16.3 Å². The van der Waals surface area contributed by atoms with Gasteiger partial charge >= 0.3 is 0 Å². The summed E-state index contributed by atoms with van der Waals surface area (Å²) in [6.07, 6.45) is 5.89. The third kappa shape index (κ3) is 5.96. The minimum atomic E-state index is -0.177. The summed E-state index contributed by atoms with van der Waals surface area (Å²) in [7, 11) is 0. The molecule has 0 aliphatic heterocycles. The van der Waals surface area contributed by atoms with Crippen molar-refractivity contribution in [1.82, 2.24) is 0 Å². The number of alkyl halides is 1. The average molecular weight is 163 g/mol. The van der Waals surface area contributed by atoms with Crippen molar-refractivity contribution in [2.45, 2.75) is 38.2 Å². The van der Waals surface area contributed by atoms with Gasteiger partial charge < -0.3 is 4.74 Å². The van der Waals surface area contributed by atoms with Gasteiger partial charge in [-0.25, -0.2) is 0 Å². The monoisotopic (exact) mass is 162 g/mol. The van der Waals surface area contributed by atoms with Crippen LogP contribution in [-0.2, 0) is 4.74 Å². The van der Waals surface area contributed by atoms with Crippen molar-refractivity contribution in [1.29, 1.82) is 0 Å². The van der Waals surface area contributed by atoms with Gasteiger partial charge in [0, 0.05) is 0 Å². The van der Waals surface area contributed by atoms with Crippen LogP contribution in [0.3, 0.4) is 0 Å². The summed E-state index contributed by atoms with van der Waals surface area (Å²) < 4.78 is 4.92. The van der Waals surface area contributed by atoms with E-state index in [2.05, 4.69) is 13.5 Å². The Kier molecular flexibility index (Phi) is 6.83. The van der Waals surface area contributed by atoms with Crippen molar-refractivity contribution >= 4 is 11.6 Å². The zero-order valence-corrected chi connectivity index (χ0v) is 7.23. The Morgan fingerprint density at radius 1 is 1.60 bits per heavy atom. The SMILES string of the molecule is C=COC(Cl)CCCCC. The van der Waals surface area contributed by atoms with Gasteiger partial charge in [0.2, 0.25) is 0 Å². The molecule has 0 spiro atoms. The Balaban J connectivity index is 3.04. The number of rotatable bonds is 6. The van der Waals surface area contributed by atoms with Crippen LogP contribution in [0, 0.1) is 0 Å². The molecule has 1 atom stereocenters. The molecule has 1 nitrogen and oxygen atoms in total. The molecule has 0 aromatic heterocycles. The first-order valence-corrected chi connectivity index (χ1v) is 4.15. The Hall–Kier alpha value is -0.170. The van der Waals surface area contributed by atoms with Gasteiger partial charge in [0.05, 0.1) is 6.26 Å². The number of halogens is 1. The lowest BCUT2D eigenvalue weighted by molar-refractivity contribution is 0.204. The number of unbranched alkanes of at least 4 members (excludes halogenated alkanes) is 2. The molecular weight excluding hydrogens is 148 g/mol. The second-order valence-electron chi connectivity index (χ2n) is 2.21. The van der Waals surface area contributed by atoms with Crippen LogP contribution in [0.2, 0.25) is 0 Å². The fourth-order valence-corrected chi connectivity index (χ4v) is 0.954. The Morgan fingerprint density at radius 3 is 2.80 bits per heavy atom. The van der Waals surface area contributed by atoms with Gasteiger partial charge in [-0.2, -0.15) is 0 Å². The maximum atomic E-state index is 5.72. The molecule has 0 saturated heterocycles. The third-order valence-corrected chi connectivity index (χ3v) is 1.60. The van der Waals surface area contributed by atoms with E-state index in [1.807, 2.05) is 0 Å². The molecule has 0 heterocycles. The summed E-state index contributed by atoms with van der Waals surface area (Å²) in [6, 6.07) is 0. The van der Waals surface area contributed by atoms with Gasteiger partial charge in [-0.3, -0.25) is 0 Å². The van der Waals surface area contributed by atoms with Crippen LogP contribution in [0.1, 0.15) is 32.6 Å². The molecule has 0 rings (SSSR count). The number of hydrogen-bond acceptors (Lipinski definition) is 1. The van der Waals surface area contributed by atoms with Crippen LogP contribution in [0.5, 0.6) is 0 Å². The molecule has 0 aliphatic carbocycles. The summed E-state index contributed by atoms with van der Waals surface area (Å²) in [5, 5.41) is 0. The molecule has 0 amide bonds.